The van der Waals surface area contributed by atoms with Gasteiger partial charge in [0.2, 0.25) is 0 Å². The van der Waals surface area contributed by atoms with Crippen molar-refractivity contribution in [2.75, 3.05) is 33.9 Å². The minimum Gasteiger partial charge on any atom is -0.364 e. The molecular formula is C10H18N2OS4. The number of Topliss-reactive ketones (excluding diaryl/α,β-unsaturated/α-hetero) is 1. The van der Waals surface area contributed by atoms with Crippen LogP contribution in [0.1, 0.15) is 6.92 Å². The summed E-state index contributed by atoms with van der Waals surface area (Å²) in [6, 6.07) is 0. The Kier molecular flexibility index (Phi) is 8.36. The van der Waals surface area contributed by atoms with E-state index in [2.05, 4.69) is 0 Å². The van der Waals surface area contributed by atoms with Gasteiger partial charge in [-0.15, -0.1) is 0 Å². The fourth-order valence-corrected chi connectivity index (χ4v) is 3.17. The third kappa shape index (κ3) is 7.23. The average molecular weight is 311 g/mol. The molecule has 0 aliphatic rings. The molecule has 7 heteroatoms. The van der Waals surface area contributed by atoms with E-state index in [0.29, 0.717) is 5.75 Å². The molecule has 0 aromatic rings. The number of nitrogens with zero attached hydrogens (tertiary/aromatic N) is 2. The summed E-state index contributed by atoms with van der Waals surface area (Å²) in [7, 11) is 7.56. The smallest absolute Gasteiger partial charge is 0.144 e. The quantitative estimate of drug-likeness (QED) is 0.733. The van der Waals surface area contributed by atoms with Crippen molar-refractivity contribution in [3.63, 3.8) is 0 Å². The first kappa shape index (κ1) is 17.2. The molecule has 17 heavy (non-hydrogen) atoms. The largest absolute Gasteiger partial charge is 0.364 e. The van der Waals surface area contributed by atoms with Crippen molar-refractivity contribution in [3.05, 3.63) is 0 Å². The van der Waals surface area contributed by atoms with Gasteiger partial charge in [-0.2, -0.15) is 0 Å². The van der Waals surface area contributed by atoms with E-state index >= 15 is 0 Å². The SMILES string of the molecule is CC(=O)C(CSC(=S)N(C)C)SC(=S)N(C)C. The van der Waals surface area contributed by atoms with Crippen LogP contribution < -0.4 is 0 Å². The van der Waals surface area contributed by atoms with Crippen LogP contribution >= 0.6 is 48.0 Å². The molecule has 3 nitrogen and oxygen atoms in total. The monoisotopic (exact) mass is 310 g/mol. The predicted molar refractivity (Wildman–Crippen MR) is 87.1 cm³/mol. The third-order valence-corrected chi connectivity index (χ3v) is 5.83. The first-order valence-electron chi connectivity index (χ1n) is 4.98. The summed E-state index contributed by atoms with van der Waals surface area (Å²) in [6.07, 6.45) is 0. The van der Waals surface area contributed by atoms with Crippen molar-refractivity contribution < 1.29 is 4.79 Å². The van der Waals surface area contributed by atoms with Gasteiger partial charge in [0.1, 0.15) is 14.4 Å². The van der Waals surface area contributed by atoms with E-state index in [1.54, 1.807) is 6.92 Å². The number of ketones is 1. The Morgan fingerprint density at radius 1 is 1.12 bits per heavy atom. The molecule has 0 saturated carbocycles. The maximum Gasteiger partial charge on any atom is 0.144 e. The first-order valence-corrected chi connectivity index (χ1v) is 7.66. The maximum absolute atomic E-state index is 11.5. The molecular weight excluding hydrogens is 292 g/mol. The number of carbonyl (C=O) groups is 1. The van der Waals surface area contributed by atoms with Gasteiger partial charge in [0, 0.05) is 33.9 Å². The molecule has 0 aromatic carbocycles. The van der Waals surface area contributed by atoms with Gasteiger partial charge in [-0.05, 0) is 6.92 Å². The summed E-state index contributed by atoms with van der Waals surface area (Å²) in [5.74, 6) is 0.790. The highest BCUT2D eigenvalue weighted by molar-refractivity contribution is 8.26. The van der Waals surface area contributed by atoms with Gasteiger partial charge >= 0.3 is 0 Å². The summed E-state index contributed by atoms with van der Waals surface area (Å²) in [5.41, 5.74) is 0. The Hall–Kier alpha value is 0.150. The van der Waals surface area contributed by atoms with Crippen molar-refractivity contribution in [2.24, 2.45) is 0 Å². The Morgan fingerprint density at radius 3 is 1.94 bits per heavy atom. The van der Waals surface area contributed by atoms with Crippen LogP contribution in [0.3, 0.4) is 0 Å². The fraction of sp³-hybridized carbons (Fsp3) is 0.700. The zero-order valence-electron chi connectivity index (χ0n) is 10.7. The molecule has 1 atom stereocenters. The van der Waals surface area contributed by atoms with Crippen molar-refractivity contribution in [1.82, 2.24) is 9.80 Å². The lowest BCUT2D eigenvalue weighted by atomic mass is 10.3. The van der Waals surface area contributed by atoms with Gasteiger partial charge in [0.15, 0.2) is 0 Å². The molecule has 0 N–H and O–H groups in total. The summed E-state index contributed by atoms with van der Waals surface area (Å²) in [6.45, 7) is 1.59. The molecule has 0 bridgehead atoms. The lowest BCUT2D eigenvalue weighted by Gasteiger charge is -2.19. The topological polar surface area (TPSA) is 23.6 Å². The standard InChI is InChI=1S/C10H18N2OS4/c1-7(13)8(17-10(15)12(4)5)6-16-9(14)11(2)3/h8H,6H2,1-5H3. The van der Waals surface area contributed by atoms with E-state index in [0.717, 1.165) is 8.64 Å². The summed E-state index contributed by atoms with van der Waals surface area (Å²) < 4.78 is 1.51. The van der Waals surface area contributed by atoms with Crippen LogP contribution in [0.15, 0.2) is 0 Å². The fourth-order valence-electron chi connectivity index (χ4n) is 0.738. The second-order valence-corrected chi connectivity index (χ2v) is 7.34. The second-order valence-electron chi connectivity index (χ2n) is 3.85. The lowest BCUT2D eigenvalue weighted by molar-refractivity contribution is -0.116. The van der Waals surface area contributed by atoms with Gasteiger partial charge in [-0.1, -0.05) is 48.0 Å². The molecule has 0 aliphatic carbocycles. The number of hydrogen-bond donors (Lipinski definition) is 0. The highest BCUT2D eigenvalue weighted by Gasteiger charge is 2.19. The van der Waals surface area contributed by atoms with E-state index in [4.69, 9.17) is 24.4 Å². The van der Waals surface area contributed by atoms with Crippen molar-refractivity contribution in [2.45, 2.75) is 12.2 Å². The molecule has 0 saturated heterocycles. The van der Waals surface area contributed by atoms with E-state index in [9.17, 15) is 4.79 Å². The second kappa shape index (κ2) is 8.29. The van der Waals surface area contributed by atoms with Crippen LogP contribution in [0.5, 0.6) is 0 Å². The highest BCUT2D eigenvalue weighted by atomic mass is 32.2. The third-order valence-electron chi connectivity index (χ3n) is 1.78. The van der Waals surface area contributed by atoms with Crippen molar-refractivity contribution in [3.8, 4) is 0 Å². The Balaban J connectivity index is 4.31. The molecule has 98 valence electrons. The Bertz CT molecular complexity index is 305. The number of thioether (sulfide) groups is 2. The average Bonchev–Trinajstić information content (AvgIpc) is 2.22. The molecule has 0 radical (unpaired) electrons. The number of hydrogen-bond acceptors (Lipinski definition) is 5. The number of carbonyl (C=O) groups excluding carboxylic acids is 1. The minimum absolute atomic E-state index is 0.132. The zero-order chi connectivity index (χ0) is 13.6. The van der Waals surface area contributed by atoms with Gasteiger partial charge < -0.3 is 9.80 Å². The van der Waals surface area contributed by atoms with Crippen LogP contribution in [0.4, 0.5) is 0 Å². The van der Waals surface area contributed by atoms with Gasteiger partial charge in [0.25, 0.3) is 0 Å². The molecule has 0 fully saturated rings. The summed E-state index contributed by atoms with van der Waals surface area (Å²) in [4.78, 5) is 15.2. The number of thiocarbonyl (C=S) groups is 2. The first-order chi connectivity index (χ1) is 7.75. The molecule has 0 heterocycles. The van der Waals surface area contributed by atoms with E-state index in [-0.39, 0.29) is 11.0 Å². The van der Waals surface area contributed by atoms with Crippen LogP contribution in [0.2, 0.25) is 0 Å². The summed E-state index contributed by atoms with van der Waals surface area (Å²) in [5, 5.41) is -0.132. The summed E-state index contributed by atoms with van der Waals surface area (Å²) >= 11 is 13.3. The lowest BCUT2D eigenvalue weighted by Crippen LogP contribution is -2.26. The molecule has 0 spiro atoms. The van der Waals surface area contributed by atoms with Crippen LogP contribution in [-0.4, -0.2) is 63.4 Å². The highest BCUT2D eigenvalue weighted by Crippen LogP contribution is 2.21. The molecule has 0 rings (SSSR count). The molecule has 1 unspecified atom stereocenters. The maximum atomic E-state index is 11.5. The molecule has 0 amide bonds. The predicted octanol–water partition coefficient (Wildman–Crippen LogP) is 2.10. The van der Waals surface area contributed by atoms with Crippen LogP contribution in [0.25, 0.3) is 0 Å². The van der Waals surface area contributed by atoms with E-state index < -0.39 is 0 Å². The molecule has 0 aliphatic heterocycles. The van der Waals surface area contributed by atoms with E-state index in [1.807, 2.05) is 38.0 Å². The molecule has 0 aromatic heterocycles. The Labute approximate surface area is 123 Å². The normalized spacial score (nSPS) is 11.8. The number of rotatable bonds is 4. The Morgan fingerprint density at radius 2 is 1.59 bits per heavy atom. The van der Waals surface area contributed by atoms with Gasteiger partial charge in [0.05, 0.1) is 5.25 Å². The van der Waals surface area contributed by atoms with Gasteiger partial charge in [-0.25, -0.2) is 0 Å². The zero-order valence-corrected chi connectivity index (χ0v) is 14.0. The minimum atomic E-state index is -0.132. The van der Waals surface area contributed by atoms with Crippen LogP contribution in [-0.2, 0) is 4.79 Å². The van der Waals surface area contributed by atoms with Crippen LogP contribution in [0, 0.1) is 0 Å². The van der Waals surface area contributed by atoms with Crippen molar-refractivity contribution >= 4 is 62.4 Å². The van der Waals surface area contributed by atoms with Crippen molar-refractivity contribution in [1.29, 1.82) is 0 Å². The van der Waals surface area contributed by atoms with Gasteiger partial charge in [-0.3, -0.25) is 4.79 Å². The van der Waals surface area contributed by atoms with E-state index in [1.165, 1.54) is 23.5 Å².